The van der Waals surface area contributed by atoms with Gasteiger partial charge < -0.3 is 0 Å². The molecule has 144 valence electrons. The van der Waals surface area contributed by atoms with Crippen LogP contribution in [0, 0.1) is 5.92 Å². The number of hydrogen-bond acceptors (Lipinski definition) is 0. The smallest absolute Gasteiger partial charge is 0.0162 e. The van der Waals surface area contributed by atoms with Crippen LogP contribution < -0.4 is 0 Å². The molecule has 0 amide bonds. The Morgan fingerprint density at radius 3 is 2.18 bits per heavy atom. The predicted molar refractivity (Wildman–Crippen MR) is 124 cm³/mol. The summed E-state index contributed by atoms with van der Waals surface area (Å²) in [6.45, 7) is 4.38. The van der Waals surface area contributed by atoms with Crippen molar-refractivity contribution in [2.45, 2.75) is 58.3 Å². The van der Waals surface area contributed by atoms with E-state index in [0.717, 1.165) is 11.8 Å². The summed E-state index contributed by atoms with van der Waals surface area (Å²) in [5.74, 6) is 1.75. The third-order valence-electron chi connectivity index (χ3n) is 6.48. The first-order valence-electron chi connectivity index (χ1n) is 11.0. The van der Waals surface area contributed by atoms with Crippen LogP contribution in [0.2, 0.25) is 0 Å². The number of fused-ring (bicyclic) bond motifs is 1. The van der Waals surface area contributed by atoms with Crippen LogP contribution in [0.5, 0.6) is 0 Å². The van der Waals surface area contributed by atoms with Crippen molar-refractivity contribution in [1.29, 1.82) is 0 Å². The molecule has 1 fully saturated rings. The number of allylic oxidation sites excluding steroid dienone is 1. The summed E-state index contributed by atoms with van der Waals surface area (Å²) < 4.78 is 0. The fourth-order valence-corrected chi connectivity index (χ4v) is 4.88. The van der Waals surface area contributed by atoms with Crippen molar-refractivity contribution >= 4 is 16.8 Å². The number of benzene rings is 3. The molecule has 0 radical (unpaired) electrons. The fourth-order valence-electron chi connectivity index (χ4n) is 4.88. The van der Waals surface area contributed by atoms with Crippen LogP contribution in [0.3, 0.4) is 0 Å². The van der Waals surface area contributed by atoms with Gasteiger partial charge in [-0.25, -0.2) is 0 Å². The van der Waals surface area contributed by atoms with Crippen LogP contribution in [0.1, 0.15) is 69.4 Å². The van der Waals surface area contributed by atoms with Crippen molar-refractivity contribution < 1.29 is 0 Å². The molecule has 0 aliphatic heterocycles. The van der Waals surface area contributed by atoms with Gasteiger partial charge in [-0.2, -0.15) is 0 Å². The molecule has 0 N–H and O–H groups in total. The topological polar surface area (TPSA) is 0 Å². The van der Waals surface area contributed by atoms with Gasteiger partial charge in [0.15, 0.2) is 0 Å². The minimum atomic E-state index is 0.767. The second kappa shape index (κ2) is 8.78. The van der Waals surface area contributed by atoms with E-state index in [1.54, 1.807) is 0 Å². The van der Waals surface area contributed by atoms with E-state index in [4.69, 9.17) is 0 Å². The molecule has 0 atom stereocenters. The molecule has 0 heteroatoms. The summed E-state index contributed by atoms with van der Waals surface area (Å²) in [4.78, 5) is 0. The van der Waals surface area contributed by atoms with Gasteiger partial charge in [0.05, 0.1) is 0 Å². The second-order valence-electron chi connectivity index (χ2n) is 8.45. The first-order chi connectivity index (χ1) is 13.8. The van der Waals surface area contributed by atoms with Crippen molar-refractivity contribution in [3.8, 4) is 11.1 Å². The van der Waals surface area contributed by atoms with E-state index < -0.39 is 0 Å². The summed E-state index contributed by atoms with van der Waals surface area (Å²) in [7, 11) is 0. The molecule has 3 aromatic carbocycles. The molecule has 0 unspecified atom stereocenters. The Bertz CT molecular complexity index is 937. The first-order valence-corrected chi connectivity index (χ1v) is 11.0. The summed E-state index contributed by atoms with van der Waals surface area (Å²) in [6.07, 6.45) is 12.6. The van der Waals surface area contributed by atoms with E-state index >= 15 is 0 Å². The van der Waals surface area contributed by atoms with Gasteiger partial charge in [-0.3, -0.25) is 0 Å². The Hall–Kier alpha value is -2.34. The van der Waals surface area contributed by atoms with Crippen LogP contribution in [-0.2, 0) is 0 Å². The van der Waals surface area contributed by atoms with Crippen molar-refractivity contribution in [2.75, 3.05) is 0 Å². The molecular formula is C28H32. The van der Waals surface area contributed by atoms with E-state index in [0.29, 0.717) is 0 Å². The summed E-state index contributed by atoms with van der Waals surface area (Å²) in [6, 6.07) is 22.9. The van der Waals surface area contributed by atoms with Crippen molar-refractivity contribution in [1.82, 2.24) is 0 Å². The quantitative estimate of drug-likeness (QED) is 0.423. The van der Waals surface area contributed by atoms with Gasteiger partial charge in [0.2, 0.25) is 0 Å². The molecule has 0 heterocycles. The highest BCUT2D eigenvalue weighted by molar-refractivity contribution is 5.89. The van der Waals surface area contributed by atoms with Gasteiger partial charge in [0.1, 0.15) is 0 Å². The van der Waals surface area contributed by atoms with Crippen molar-refractivity contribution in [3.05, 3.63) is 77.9 Å². The van der Waals surface area contributed by atoms with Gasteiger partial charge in [0.25, 0.3) is 0 Å². The second-order valence-corrected chi connectivity index (χ2v) is 8.45. The minimum absolute atomic E-state index is 0.767. The van der Waals surface area contributed by atoms with Crippen LogP contribution in [0.15, 0.2) is 66.7 Å². The van der Waals surface area contributed by atoms with Crippen LogP contribution in [-0.4, -0.2) is 0 Å². The highest BCUT2D eigenvalue weighted by Crippen LogP contribution is 2.38. The molecule has 0 spiro atoms. The molecular weight excluding hydrogens is 336 g/mol. The highest BCUT2D eigenvalue weighted by Gasteiger charge is 2.21. The Morgan fingerprint density at radius 2 is 1.46 bits per heavy atom. The average Bonchev–Trinajstić information content (AvgIpc) is 2.75. The Kier molecular flexibility index (Phi) is 5.95. The van der Waals surface area contributed by atoms with Crippen molar-refractivity contribution in [2.24, 2.45) is 5.92 Å². The molecule has 0 aromatic heterocycles. The molecule has 1 aliphatic carbocycles. The van der Waals surface area contributed by atoms with Crippen LogP contribution >= 0.6 is 0 Å². The summed E-state index contributed by atoms with van der Waals surface area (Å²) in [5.41, 5.74) is 5.43. The molecule has 0 nitrogen and oxygen atoms in total. The molecule has 1 aliphatic rings. The molecule has 4 rings (SSSR count). The van der Waals surface area contributed by atoms with Gasteiger partial charge in [-0.1, -0.05) is 80.4 Å². The monoisotopic (exact) mass is 368 g/mol. The van der Waals surface area contributed by atoms with Crippen LogP contribution in [0.25, 0.3) is 28.0 Å². The standard InChI is InChI=1S/C28H32/c1-3-5-21-7-10-23(11-8-21)24-13-15-25(16-14-24)27-18-17-26-19-22(6-4-2)9-12-28(26)20-27/h4,6,9,12-21,23H,3,5,7-8,10-11H2,1-2H3/b6-4+. The Balaban J connectivity index is 1.50. The molecule has 0 bridgehead atoms. The molecule has 1 saturated carbocycles. The van der Waals surface area contributed by atoms with Gasteiger partial charge in [-0.15, -0.1) is 0 Å². The normalized spacial score (nSPS) is 20.1. The summed E-state index contributed by atoms with van der Waals surface area (Å²) in [5, 5.41) is 2.61. The van der Waals surface area contributed by atoms with Gasteiger partial charge >= 0.3 is 0 Å². The lowest BCUT2D eigenvalue weighted by Gasteiger charge is -2.28. The van der Waals surface area contributed by atoms with Gasteiger partial charge in [-0.05, 0) is 89.6 Å². The van der Waals surface area contributed by atoms with Crippen LogP contribution in [0.4, 0.5) is 0 Å². The van der Waals surface area contributed by atoms with E-state index in [2.05, 4.69) is 86.7 Å². The average molecular weight is 369 g/mol. The molecule has 0 saturated heterocycles. The zero-order valence-electron chi connectivity index (χ0n) is 17.3. The highest BCUT2D eigenvalue weighted by atomic mass is 14.3. The molecule has 28 heavy (non-hydrogen) atoms. The Labute approximate surface area is 170 Å². The first kappa shape index (κ1) is 19.0. The zero-order valence-corrected chi connectivity index (χ0v) is 17.3. The van der Waals surface area contributed by atoms with E-state index in [-0.39, 0.29) is 0 Å². The van der Waals surface area contributed by atoms with Gasteiger partial charge in [0, 0.05) is 0 Å². The van der Waals surface area contributed by atoms with E-state index in [1.807, 2.05) is 0 Å². The maximum atomic E-state index is 2.37. The fraction of sp³-hybridized carbons (Fsp3) is 0.357. The Morgan fingerprint density at radius 1 is 0.786 bits per heavy atom. The predicted octanol–water partition coefficient (Wildman–Crippen LogP) is 8.61. The summed E-state index contributed by atoms with van der Waals surface area (Å²) >= 11 is 0. The maximum absolute atomic E-state index is 2.37. The maximum Gasteiger partial charge on any atom is -0.0162 e. The lowest BCUT2D eigenvalue weighted by atomic mass is 9.77. The third kappa shape index (κ3) is 4.22. The van der Waals surface area contributed by atoms with E-state index in [1.165, 1.54) is 71.6 Å². The third-order valence-corrected chi connectivity index (χ3v) is 6.48. The lowest BCUT2D eigenvalue weighted by Crippen LogP contribution is -2.13. The SMILES string of the molecule is C/C=C/c1ccc2cc(-c3ccc(C4CCC(CCC)CC4)cc3)ccc2c1. The van der Waals surface area contributed by atoms with E-state index in [9.17, 15) is 0 Å². The minimum Gasteiger partial charge on any atom is -0.0871 e. The largest absolute Gasteiger partial charge is 0.0871 e. The lowest BCUT2D eigenvalue weighted by molar-refractivity contribution is 0.308. The number of rotatable bonds is 5. The number of hydrogen-bond donors (Lipinski definition) is 0. The molecule has 3 aromatic rings. The van der Waals surface area contributed by atoms with Crippen molar-refractivity contribution in [3.63, 3.8) is 0 Å². The zero-order chi connectivity index (χ0) is 19.3.